The van der Waals surface area contributed by atoms with Crippen molar-refractivity contribution in [3.8, 4) is 5.75 Å². The quantitative estimate of drug-likeness (QED) is 0.514. The predicted octanol–water partition coefficient (Wildman–Crippen LogP) is 1.78. The third kappa shape index (κ3) is 1.65. The van der Waals surface area contributed by atoms with Crippen LogP contribution in [0.1, 0.15) is 12.0 Å². The molecule has 0 aromatic heterocycles. The van der Waals surface area contributed by atoms with Crippen molar-refractivity contribution in [2.24, 2.45) is 40.6 Å². The highest BCUT2D eigenvalue weighted by atomic mass is 16.3. The lowest BCUT2D eigenvalue weighted by atomic mass is 9.63. The Morgan fingerprint density at radius 1 is 1.04 bits per heavy atom. The summed E-state index contributed by atoms with van der Waals surface area (Å²) < 4.78 is 0. The molecule has 0 radical (unpaired) electrons. The zero-order valence-corrected chi connectivity index (χ0v) is 12.4. The van der Waals surface area contributed by atoms with Crippen LogP contribution in [-0.4, -0.2) is 28.1 Å². The molecular formula is C18H16N2O3. The summed E-state index contributed by atoms with van der Waals surface area (Å²) in [5.41, 5.74) is 0.493. The van der Waals surface area contributed by atoms with Crippen molar-refractivity contribution in [3.05, 3.63) is 42.0 Å². The number of carbonyl (C=O) groups is 2. The predicted molar refractivity (Wildman–Crippen MR) is 82.3 cm³/mol. The van der Waals surface area contributed by atoms with Crippen molar-refractivity contribution >= 4 is 18.0 Å². The molecule has 1 aromatic carbocycles. The van der Waals surface area contributed by atoms with E-state index in [1.165, 1.54) is 6.21 Å². The van der Waals surface area contributed by atoms with E-state index in [4.69, 9.17) is 0 Å². The van der Waals surface area contributed by atoms with E-state index >= 15 is 0 Å². The standard InChI is InChI=1S/C18H16N2O3/c21-14-4-2-1-3-9(14)8-19-20-17(22)15-10-5-6-11(13-7-12(10)13)16(15)18(20)23/h1-6,8,10-13,15-16,21H,7H2/t10-,11-,12-,13+,15-,16+/m0/s1. The Morgan fingerprint density at radius 2 is 1.65 bits per heavy atom. The maximum Gasteiger partial charge on any atom is 0.254 e. The number of hydrogen-bond donors (Lipinski definition) is 1. The summed E-state index contributed by atoms with van der Waals surface area (Å²) in [6.45, 7) is 0. The Labute approximate surface area is 133 Å². The van der Waals surface area contributed by atoms with Gasteiger partial charge in [-0.1, -0.05) is 24.3 Å². The van der Waals surface area contributed by atoms with Crippen LogP contribution in [-0.2, 0) is 9.59 Å². The van der Waals surface area contributed by atoms with E-state index in [2.05, 4.69) is 17.3 Å². The van der Waals surface area contributed by atoms with Gasteiger partial charge in [-0.2, -0.15) is 10.1 Å². The minimum absolute atomic E-state index is 0.0794. The summed E-state index contributed by atoms with van der Waals surface area (Å²) in [7, 11) is 0. The van der Waals surface area contributed by atoms with E-state index in [1.807, 2.05) is 0 Å². The van der Waals surface area contributed by atoms with Gasteiger partial charge in [-0.05, 0) is 42.2 Å². The first kappa shape index (κ1) is 13.0. The van der Waals surface area contributed by atoms with E-state index in [1.54, 1.807) is 24.3 Å². The zero-order valence-electron chi connectivity index (χ0n) is 12.4. The third-order valence-electron chi connectivity index (χ3n) is 5.89. The smallest absolute Gasteiger partial charge is 0.254 e. The molecule has 1 N–H and O–H groups in total. The highest BCUT2D eigenvalue weighted by Crippen LogP contribution is 2.65. The summed E-state index contributed by atoms with van der Waals surface area (Å²) >= 11 is 0. The van der Waals surface area contributed by atoms with E-state index in [0.717, 1.165) is 11.4 Å². The molecule has 6 rings (SSSR count). The van der Waals surface area contributed by atoms with Crippen molar-refractivity contribution in [2.75, 3.05) is 0 Å². The molecule has 2 saturated carbocycles. The van der Waals surface area contributed by atoms with Gasteiger partial charge in [0.05, 0.1) is 18.1 Å². The molecular weight excluding hydrogens is 292 g/mol. The van der Waals surface area contributed by atoms with Crippen LogP contribution in [0.3, 0.4) is 0 Å². The Kier molecular flexibility index (Phi) is 2.45. The first-order valence-electron chi connectivity index (χ1n) is 8.05. The largest absolute Gasteiger partial charge is 0.507 e. The van der Waals surface area contributed by atoms with Crippen molar-refractivity contribution < 1.29 is 14.7 Å². The van der Waals surface area contributed by atoms with Crippen LogP contribution in [0.2, 0.25) is 0 Å². The van der Waals surface area contributed by atoms with Gasteiger partial charge in [0.2, 0.25) is 0 Å². The molecule has 23 heavy (non-hydrogen) atoms. The number of carbonyl (C=O) groups excluding carboxylic acids is 2. The normalized spacial score (nSPS) is 39.9. The number of benzene rings is 1. The van der Waals surface area contributed by atoms with Gasteiger partial charge in [0.1, 0.15) is 5.75 Å². The Bertz CT molecular complexity index is 748. The van der Waals surface area contributed by atoms with Gasteiger partial charge in [-0.3, -0.25) is 9.59 Å². The lowest BCUT2D eigenvalue weighted by Gasteiger charge is -2.37. The lowest BCUT2D eigenvalue weighted by molar-refractivity contribution is -0.140. The summed E-state index contributed by atoms with van der Waals surface area (Å²) in [4.78, 5) is 25.4. The molecule has 5 heteroatoms. The fourth-order valence-corrected chi connectivity index (χ4v) is 4.77. The third-order valence-corrected chi connectivity index (χ3v) is 5.89. The molecule has 6 atom stereocenters. The molecule has 4 aliphatic carbocycles. The second kappa shape index (κ2) is 4.31. The van der Waals surface area contributed by atoms with Gasteiger partial charge in [-0.25, -0.2) is 0 Å². The molecule has 1 heterocycles. The highest BCUT2D eigenvalue weighted by molar-refractivity contribution is 6.06. The second-order valence-corrected chi connectivity index (χ2v) is 6.95. The number of phenolic OH excluding ortho intramolecular Hbond substituents is 1. The minimum Gasteiger partial charge on any atom is -0.507 e. The molecule has 2 amide bonds. The van der Waals surface area contributed by atoms with Crippen molar-refractivity contribution in [2.45, 2.75) is 6.42 Å². The summed E-state index contributed by atoms with van der Waals surface area (Å²) in [6, 6.07) is 6.72. The average Bonchev–Trinajstić information content (AvgIpc) is 3.33. The number of imide groups is 1. The maximum atomic E-state index is 12.7. The fraction of sp³-hybridized carbons (Fsp3) is 0.389. The zero-order chi connectivity index (χ0) is 15.7. The SMILES string of the molecule is O=C1[C@@H]2[C@H]3C=C[C@@H]([C@@H]4C[C@H]34)[C@@H]2C(=O)N1N=Cc1ccccc1O. The van der Waals surface area contributed by atoms with Gasteiger partial charge in [0.15, 0.2) is 0 Å². The van der Waals surface area contributed by atoms with Crippen molar-refractivity contribution in [3.63, 3.8) is 0 Å². The molecule has 1 saturated heterocycles. The maximum absolute atomic E-state index is 12.7. The molecule has 0 unspecified atom stereocenters. The number of aromatic hydroxyl groups is 1. The molecule has 116 valence electrons. The topological polar surface area (TPSA) is 70.0 Å². The molecule has 2 bridgehead atoms. The highest BCUT2D eigenvalue weighted by Gasteiger charge is 2.67. The van der Waals surface area contributed by atoms with Gasteiger partial charge in [-0.15, -0.1) is 0 Å². The van der Waals surface area contributed by atoms with Crippen LogP contribution in [0, 0.1) is 35.5 Å². The first-order chi connectivity index (χ1) is 11.2. The monoisotopic (exact) mass is 308 g/mol. The number of rotatable bonds is 2. The molecule has 5 nitrogen and oxygen atoms in total. The van der Waals surface area contributed by atoms with Crippen molar-refractivity contribution in [1.29, 1.82) is 0 Å². The number of para-hydroxylation sites is 1. The molecule has 0 spiro atoms. The first-order valence-corrected chi connectivity index (χ1v) is 8.05. The number of phenols is 1. The summed E-state index contributed by atoms with van der Waals surface area (Å²) in [5.74, 6) is 0.831. The number of nitrogens with zero attached hydrogens (tertiary/aromatic N) is 2. The number of allylic oxidation sites excluding steroid dienone is 2. The van der Waals surface area contributed by atoms with E-state index in [9.17, 15) is 14.7 Å². The van der Waals surface area contributed by atoms with Crippen LogP contribution in [0.4, 0.5) is 0 Å². The molecule has 1 aliphatic heterocycles. The van der Waals surface area contributed by atoms with Crippen LogP contribution >= 0.6 is 0 Å². The van der Waals surface area contributed by atoms with E-state index in [-0.39, 0.29) is 41.2 Å². The lowest BCUT2D eigenvalue weighted by Crippen LogP contribution is -2.40. The molecule has 1 aromatic rings. The van der Waals surface area contributed by atoms with Crippen molar-refractivity contribution in [1.82, 2.24) is 5.01 Å². The number of hydrazone groups is 1. The van der Waals surface area contributed by atoms with Crippen LogP contribution in [0.5, 0.6) is 5.75 Å². The van der Waals surface area contributed by atoms with Crippen LogP contribution < -0.4 is 0 Å². The number of hydrogen-bond acceptors (Lipinski definition) is 4. The van der Waals surface area contributed by atoms with Gasteiger partial charge < -0.3 is 5.11 Å². The minimum atomic E-state index is -0.234. The average molecular weight is 308 g/mol. The van der Waals surface area contributed by atoms with Gasteiger partial charge in [0, 0.05) is 5.56 Å². The Morgan fingerprint density at radius 3 is 2.26 bits per heavy atom. The van der Waals surface area contributed by atoms with E-state index in [0.29, 0.717) is 17.4 Å². The van der Waals surface area contributed by atoms with Gasteiger partial charge in [0.25, 0.3) is 11.8 Å². The Hall–Kier alpha value is -2.43. The Balaban J connectivity index is 1.47. The molecule has 3 fully saturated rings. The van der Waals surface area contributed by atoms with Gasteiger partial charge >= 0.3 is 0 Å². The summed E-state index contributed by atoms with van der Waals surface area (Å²) in [6.07, 6.45) is 6.82. The second-order valence-electron chi connectivity index (χ2n) is 6.95. The summed E-state index contributed by atoms with van der Waals surface area (Å²) in [5, 5.41) is 14.9. The van der Waals surface area contributed by atoms with Crippen LogP contribution in [0.15, 0.2) is 41.5 Å². The molecule has 5 aliphatic rings. The van der Waals surface area contributed by atoms with E-state index < -0.39 is 0 Å². The van der Waals surface area contributed by atoms with Crippen LogP contribution in [0.25, 0.3) is 0 Å². The fourth-order valence-electron chi connectivity index (χ4n) is 4.77. The number of amides is 2.